The minimum atomic E-state index is -0.782. The lowest BCUT2D eigenvalue weighted by atomic mass is 10.0. The Kier molecular flexibility index (Phi) is 4.67. The van der Waals surface area contributed by atoms with Crippen LogP contribution in [-0.4, -0.2) is 31.7 Å². The Morgan fingerprint density at radius 3 is 2.59 bits per heavy atom. The monoisotopic (exact) mass is 394 g/mol. The molecular weight excluding hydrogens is 376 g/mol. The fourth-order valence-corrected chi connectivity index (χ4v) is 3.29. The molecule has 8 nitrogen and oxygen atoms in total. The molecule has 0 aromatic heterocycles. The van der Waals surface area contributed by atoms with Crippen LogP contribution >= 0.6 is 0 Å². The third-order valence-corrected chi connectivity index (χ3v) is 4.74. The van der Waals surface area contributed by atoms with Gasteiger partial charge in [0.05, 0.1) is 12.8 Å². The topological polar surface area (TPSA) is 94.2 Å². The van der Waals surface area contributed by atoms with Gasteiger partial charge in [-0.15, -0.1) is 0 Å². The zero-order chi connectivity index (χ0) is 20.5. The molecule has 0 spiro atoms. The molecule has 0 unspecified atom stereocenters. The highest BCUT2D eigenvalue weighted by atomic mass is 16.7. The summed E-state index contributed by atoms with van der Waals surface area (Å²) < 4.78 is 16.0. The molecule has 2 aromatic carbocycles. The summed E-state index contributed by atoms with van der Waals surface area (Å²) >= 11 is 0. The molecule has 8 heteroatoms. The molecule has 2 aliphatic heterocycles. The molecule has 0 bridgehead atoms. The van der Waals surface area contributed by atoms with Gasteiger partial charge in [-0.05, 0) is 30.2 Å². The van der Waals surface area contributed by atoms with Crippen LogP contribution in [0.3, 0.4) is 0 Å². The van der Waals surface area contributed by atoms with Gasteiger partial charge in [0.15, 0.2) is 11.5 Å². The Morgan fingerprint density at radius 1 is 1.14 bits per heavy atom. The number of carbonyl (C=O) groups is 3. The lowest BCUT2D eigenvalue weighted by Gasteiger charge is -2.28. The van der Waals surface area contributed by atoms with Gasteiger partial charge in [0.1, 0.15) is 11.3 Å². The average molecular weight is 394 g/mol. The molecule has 0 atom stereocenters. The summed E-state index contributed by atoms with van der Waals surface area (Å²) in [5.41, 5.74) is 1.51. The number of methoxy groups -OCH3 is 1. The molecular formula is C21H18N2O6. The number of amides is 4. The van der Waals surface area contributed by atoms with E-state index in [1.54, 1.807) is 24.3 Å². The van der Waals surface area contributed by atoms with Crippen LogP contribution in [0.25, 0.3) is 6.08 Å². The van der Waals surface area contributed by atoms with Crippen LogP contribution < -0.4 is 24.4 Å². The van der Waals surface area contributed by atoms with Gasteiger partial charge in [0.25, 0.3) is 11.8 Å². The highest BCUT2D eigenvalue weighted by molar-refractivity contribution is 6.39. The van der Waals surface area contributed by atoms with Crippen LogP contribution in [0.5, 0.6) is 17.2 Å². The Labute approximate surface area is 166 Å². The van der Waals surface area contributed by atoms with Crippen LogP contribution in [0.15, 0.2) is 42.0 Å². The molecule has 29 heavy (non-hydrogen) atoms. The van der Waals surface area contributed by atoms with Crippen molar-refractivity contribution in [3.8, 4) is 17.2 Å². The largest absolute Gasteiger partial charge is 0.496 e. The molecule has 0 saturated carbocycles. The maximum absolute atomic E-state index is 13.1. The van der Waals surface area contributed by atoms with E-state index in [4.69, 9.17) is 14.2 Å². The molecule has 1 fully saturated rings. The molecule has 0 aliphatic carbocycles. The van der Waals surface area contributed by atoms with Gasteiger partial charge < -0.3 is 14.2 Å². The minimum Gasteiger partial charge on any atom is -0.496 e. The van der Waals surface area contributed by atoms with E-state index in [-0.39, 0.29) is 12.4 Å². The summed E-state index contributed by atoms with van der Waals surface area (Å²) in [5.74, 6) is -0.0910. The van der Waals surface area contributed by atoms with E-state index in [2.05, 4.69) is 5.32 Å². The van der Waals surface area contributed by atoms with Gasteiger partial charge in [0.2, 0.25) is 6.79 Å². The summed E-state index contributed by atoms with van der Waals surface area (Å²) in [7, 11) is 1.47. The van der Waals surface area contributed by atoms with Crippen molar-refractivity contribution in [2.45, 2.75) is 13.3 Å². The quantitative estimate of drug-likeness (QED) is 0.633. The molecule has 1 N–H and O–H groups in total. The zero-order valence-electron chi connectivity index (χ0n) is 15.9. The fraction of sp³-hybridized carbons (Fsp3) is 0.190. The van der Waals surface area contributed by atoms with Gasteiger partial charge in [-0.2, -0.15) is 0 Å². The van der Waals surface area contributed by atoms with Crippen molar-refractivity contribution in [3.05, 3.63) is 53.1 Å². The van der Waals surface area contributed by atoms with E-state index in [0.717, 1.165) is 10.5 Å². The van der Waals surface area contributed by atoms with Gasteiger partial charge in [-0.1, -0.05) is 25.1 Å². The van der Waals surface area contributed by atoms with Gasteiger partial charge in [-0.3, -0.25) is 14.9 Å². The number of benzene rings is 2. The zero-order valence-corrected chi connectivity index (χ0v) is 15.9. The molecule has 2 aliphatic rings. The second kappa shape index (κ2) is 7.31. The number of para-hydroxylation sites is 1. The Balaban J connectivity index is 1.79. The Hall–Kier alpha value is -3.81. The predicted molar refractivity (Wildman–Crippen MR) is 104 cm³/mol. The van der Waals surface area contributed by atoms with E-state index >= 15 is 0 Å². The highest BCUT2D eigenvalue weighted by Crippen LogP contribution is 2.39. The van der Waals surface area contributed by atoms with Crippen molar-refractivity contribution in [1.29, 1.82) is 0 Å². The first-order valence-corrected chi connectivity index (χ1v) is 9.00. The van der Waals surface area contributed by atoms with Gasteiger partial charge >= 0.3 is 6.03 Å². The number of fused-ring (bicyclic) bond motifs is 1. The minimum absolute atomic E-state index is 0.0774. The third-order valence-electron chi connectivity index (χ3n) is 4.74. The highest BCUT2D eigenvalue weighted by Gasteiger charge is 2.37. The summed E-state index contributed by atoms with van der Waals surface area (Å²) in [4.78, 5) is 39.0. The number of nitrogens with one attached hydrogen (secondary N) is 1. The SMILES string of the molecule is CCc1ccccc1N1C(=O)NC(=O)/C(=C/c2cc3c(cc2OC)OCO3)C1=O. The normalized spacial score (nSPS) is 17.0. The van der Waals surface area contributed by atoms with E-state index in [0.29, 0.717) is 34.9 Å². The number of urea groups is 1. The molecule has 1 saturated heterocycles. The van der Waals surface area contributed by atoms with Crippen molar-refractivity contribution in [2.24, 2.45) is 0 Å². The number of aryl methyl sites for hydroxylation is 1. The maximum Gasteiger partial charge on any atom is 0.335 e. The van der Waals surface area contributed by atoms with E-state index in [9.17, 15) is 14.4 Å². The second-order valence-electron chi connectivity index (χ2n) is 6.39. The summed E-state index contributed by atoms with van der Waals surface area (Å²) in [6.07, 6.45) is 2.00. The first-order valence-electron chi connectivity index (χ1n) is 9.00. The summed E-state index contributed by atoms with van der Waals surface area (Å²) in [5, 5.41) is 2.23. The van der Waals surface area contributed by atoms with Gasteiger partial charge in [0, 0.05) is 11.6 Å². The molecule has 0 radical (unpaired) electrons. The van der Waals surface area contributed by atoms with E-state index in [1.165, 1.54) is 13.2 Å². The summed E-state index contributed by atoms with van der Waals surface area (Å²) in [6.45, 7) is 2.00. The molecule has 4 rings (SSSR count). The van der Waals surface area contributed by atoms with Crippen LogP contribution in [0.1, 0.15) is 18.1 Å². The first-order chi connectivity index (χ1) is 14.0. The van der Waals surface area contributed by atoms with Crippen LogP contribution in [0.2, 0.25) is 0 Å². The first kappa shape index (κ1) is 18.5. The number of hydrogen-bond acceptors (Lipinski definition) is 6. The average Bonchev–Trinajstić information content (AvgIpc) is 3.18. The van der Waals surface area contributed by atoms with E-state index in [1.807, 2.05) is 19.1 Å². The Morgan fingerprint density at radius 2 is 1.86 bits per heavy atom. The van der Waals surface area contributed by atoms with Crippen LogP contribution in [0, 0.1) is 0 Å². The number of barbiturate groups is 1. The van der Waals surface area contributed by atoms with Crippen molar-refractivity contribution in [1.82, 2.24) is 5.32 Å². The van der Waals surface area contributed by atoms with Crippen molar-refractivity contribution < 1.29 is 28.6 Å². The number of ether oxygens (including phenoxy) is 3. The molecule has 148 valence electrons. The van der Waals surface area contributed by atoms with Crippen molar-refractivity contribution >= 4 is 29.6 Å². The van der Waals surface area contributed by atoms with Crippen molar-refractivity contribution in [3.63, 3.8) is 0 Å². The lowest BCUT2D eigenvalue weighted by Crippen LogP contribution is -2.54. The fourth-order valence-electron chi connectivity index (χ4n) is 3.29. The third kappa shape index (κ3) is 3.18. The van der Waals surface area contributed by atoms with Gasteiger partial charge in [-0.25, -0.2) is 9.69 Å². The van der Waals surface area contributed by atoms with Crippen LogP contribution in [-0.2, 0) is 16.0 Å². The smallest absolute Gasteiger partial charge is 0.335 e. The Bertz CT molecular complexity index is 1060. The second-order valence-corrected chi connectivity index (χ2v) is 6.39. The number of hydrogen-bond donors (Lipinski definition) is 1. The number of imide groups is 2. The molecule has 2 heterocycles. The predicted octanol–water partition coefficient (Wildman–Crippen LogP) is 2.65. The van der Waals surface area contributed by atoms with Crippen molar-refractivity contribution in [2.75, 3.05) is 18.8 Å². The lowest BCUT2D eigenvalue weighted by molar-refractivity contribution is -0.122. The maximum atomic E-state index is 13.1. The van der Waals surface area contributed by atoms with E-state index < -0.39 is 17.8 Å². The number of anilines is 1. The standard InChI is InChI=1S/C21H18N2O6/c1-3-12-6-4-5-7-15(12)23-20(25)14(19(24)22-21(23)26)8-13-9-17-18(29-11-28-17)10-16(13)27-2/h4-10H,3,11H2,1-2H3,(H,22,24,26)/b14-8-. The summed E-state index contributed by atoms with van der Waals surface area (Å²) in [6, 6.07) is 9.52. The molecule has 2 aromatic rings. The van der Waals surface area contributed by atoms with Crippen LogP contribution in [0.4, 0.5) is 10.5 Å². The molecule has 4 amide bonds. The number of carbonyl (C=O) groups excluding carboxylic acids is 3. The number of rotatable bonds is 4. The number of nitrogens with zero attached hydrogens (tertiary/aromatic N) is 1.